The minimum atomic E-state index is -0.199. The predicted octanol–water partition coefficient (Wildman–Crippen LogP) is 5.63. The van der Waals surface area contributed by atoms with Crippen LogP contribution in [0.3, 0.4) is 0 Å². The first kappa shape index (κ1) is 19.6. The molecule has 1 N–H and O–H groups in total. The molecule has 4 aromatic rings. The Morgan fingerprint density at radius 2 is 2.00 bits per heavy atom. The van der Waals surface area contributed by atoms with Gasteiger partial charge in [0.1, 0.15) is 5.75 Å². The molecule has 152 valence electrons. The smallest absolute Gasteiger partial charge is 0.255 e. The van der Waals surface area contributed by atoms with Crippen molar-refractivity contribution in [3.8, 4) is 17.2 Å². The number of ether oxygens (including phenoxy) is 1. The number of amides is 1. The molecule has 0 bridgehead atoms. The maximum atomic E-state index is 12.8. The van der Waals surface area contributed by atoms with Gasteiger partial charge >= 0.3 is 0 Å². The Kier molecular flexibility index (Phi) is 5.75. The van der Waals surface area contributed by atoms with Gasteiger partial charge in [-0.2, -0.15) is 4.98 Å². The summed E-state index contributed by atoms with van der Waals surface area (Å²) in [6, 6.07) is 16.5. The average Bonchev–Trinajstić information content (AvgIpc) is 3.19. The summed E-state index contributed by atoms with van der Waals surface area (Å²) in [5.41, 5.74) is 4.10. The van der Waals surface area contributed by atoms with Crippen molar-refractivity contribution in [3.63, 3.8) is 0 Å². The zero-order chi connectivity index (χ0) is 20.9. The highest BCUT2D eigenvalue weighted by Gasteiger charge is 2.15. The third-order valence-electron chi connectivity index (χ3n) is 4.84. The normalized spacial score (nSPS) is 10.9. The van der Waals surface area contributed by atoms with Gasteiger partial charge in [0.15, 0.2) is 11.2 Å². The van der Waals surface area contributed by atoms with Crippen molar-refractivity contribution < 1.29 is 13.9 Å². The number of hydrogen-bond donors (Lipinski definition) is 1. The highest BCUT2D eigenvalue weighted by Crippen LogP contribution is 2.30. The molecule has 0 aliphatic carbocycles. The Bertz CT molecular complexity index is 1150. The Morgan fingerprint density at radius 1 is 1.13 bits per heavy atom. The van der Waals surface area contributed by atoms with Gasteiger partial charge in [-0.1, -0.05) is 25.5 Å². The van der Waals surface area contributed by atoms with E-state index in [1.54, 1.807) is 24.4 Å². The molecule has 1 amide bonds. The molecule has 6 heteroatoms. The van der Waals surface area contributed by atoms with Crippen LogP contribution in [-0.4, -0.2) is 22.5 Å². The minimum Gasteiger partial charge on any atom is -0.494 e. The van der Waals surface area contributed by atoms with Gasteiger partial charge in [0.2, 0.25) is 5.89 Å². The highest BCUT2D eigenvalue weighted by atomic mass is 16.5. The highest BCUT2D eigenvalue weighted by molar-refractivity contribution is 6.05. The summed E-state index contributed by atoms with van der Waals surface area (Å²) in [5, 5.41) is 2.99. The fourth-order valence-electron chi connectivity index (χ4n) is 3.14. The summed E-state index contributed by atoms with van der Waals surface area (Å²) >= 11 is 0. The van der Waals surface area contributed by atoms with Crippen LogP contribution < -0.4 is 10.1 Å². The molecule has 0 unspecified atom stereocenters. The minimum absolute atomic E-state index is 0.199. The Hall–Kier alpha value is -3.67. The van der Waals surface area contributed by atoms with Crippen LogP contribution in [0.2, 0.25) is 0 Å². The van der Waals surface area contributed by atoms with Crippen LogP contribution in [0.5, 0.6) is 5.75 Å². The maximum absolute atomic E-state index is 12.8. The molecule has 0 aliphatic rings. The summed E-state index contributed by atoms with van der Waals surface area (Å²) in [6.45, 7) is 4.68. The number of carbonyl (C=O) groups excluding carboxylic acids is 1. The summed E-state index contributed by atoms with van der Waals surface area (Å²) in [7, 11) is 0. The molecule has 4 rings (SSSR count). The molecule has 2 aromatic carbocycles. The second-order valence-electron chi connectivity index (χ2n) is 7.01. The maximum Gasteiger partial charge on any atom is 0.255 e. The quantitative estimate of drug-likeness (QED) is 0.406. The van der Waals surface area contributed by atoms with E-state index in [0.29, 0.717) is 40.7 Å². The number of carbonyl (C=O) groups is 1. The van der Waals surface area contributed by atoms with Gasteiger partial charge in [0.05, 0.1) is 6.61 Å². The van der Waals surface area contributed by atoms with E-state index >= 15 is 0 Å². The van der Waals surface area contributed by atoms with Gasteiger partial charge in [0, 0.05) is 23.0 Å². The van der Waals surface area contributed by atoms with Gasteiger partial charge in [-0.3, -0.25) is 4.79 Å². The SMILES string of the molecule is CCCCOc1cccc(C(=O)Nc2cccc(-c3nc4ncccc4o3)c2C)c1. The number of oxazole rings is 1. The van der Waals surface area contributed by atoms with Crippen molar-refractivity contribution in [1.29, 1.82) is 0 Å². The standard InChI is InChI=1S/C24H23N3O3/c1-3-4-14-29-18-9-5-8-17(15-18)23(28)26-20-11-6-10-19(16(20)2)24-27-22-21(30-24)12-7-13-25-22/h5-13,15H,3-4,14H2,1-2H3,(H,26,28). The second-order valence-corrected chi connectivity index (χ2v) is 7.01. The molecule has 0 saturated heterocycles. The van der Waals surface area contributed by atoms with E-state index in [0.717, 1.165) is 24.0 Å². The lowest BCUT2D eigenvalue weighted by molar-refractivity contribution is 0.102. The summed E-state index contributed by atoms with van der Waals surface area (Å²) in [4.78, 5) is 21.5. The first-order valence-corrected chi connectivity index (χ1v) is 10.0. The predicted molar refractivity (Wildman–Crippen MR) is 117 cm³/mol. The van der Waals surface area contributed by atoms with Gasteiger partial charge in [-0.05, 0) is 61.4 Å². The molecule has 0 radical (unpaired) electrons. The number of rotatable bonds is 7. The lowest BCUT2D eigenvalue weighted by Crippen LogP contribution is -2.13. The number of unbranched alkanes of at least 4 members (excludes halogenated alkanes) is 1. The number of hydrogen-bond acceptors (Lipinski definition) is 5. The fraction of sp³-hybridized carbons (Fsp3) is 0.208. The molecular weight excluding hydrogens is 378 g/mol. The third kappa shape index (κ3) is 4.17. The number of benzene rings is 2. The molecule has 2 aromatic heterocycles. The number of nitrogens with zero attached hydrogens (tertiary/aromatic N) is 2. The molecule has 0 fully saturated rings. The van der Waals surface area contributed by atoms with Crippen LogP contribution in [-0.2, 0) is 0 Å². The van der Waals surface area contributed by atoms with E-state index in [-0.39, 0.29) is 5.91 Å². The summed E-state index contributed by atoms with van der Waals surface area (Å²) < 4.78 is 11.5. The topological polar surface area (TPSA) is 77.2 Å². The fourth-order valence-corrected chi connectivity index (χ4v) is 3.14. The Labute approximate surface area is 174 Å². The van der Waals surface area contributed by atoms with E-state index in [1.807, 2.05) is 43.3 Å². The molecule has 0 saturated carbocycles. The zero-order valence-electron chi connectivity index (χ0n) is 17.0. The summed E-state index contributed by atoms with van der Waals surface area (Å²) in [5.74, 6) is 0.972. The number of fused-ring (bicyclic) bond motifs is 1. The average molecular weight is 401 g/mol. The van der Waals surface area contributed by atoms with E-state index in [1.165, 1.54) is 0 Å². The molecule has 6 nitrogen and oxygen atoms in total. The molecule has 0 atom stereocenters. The van der Waals surface area contributed by atoms with Crippen LogP contribution in [0, 0.1) is 6.92 Å². The Morgan fingerprint density at radius 3 is 2.83 bits per heavy atom. The van der Waals surface area contributed by atoms with Gasteiger partial charge < -0.3 is 14.5 Å². The van der Waals surface area contributed by atoms with E-state index in [2.05, 4.69) is 22.2 Å². The van der Waals surface area contributed by atoms with Crippen molar-refractivity contribution in [3.05, 3.63) is 71.9 Å². The second kappa shape index (κ2) is 8.78. The van der Waals surface area contributed by atoms with E-state index < -0.39 is 0 Å². The number of anilines is 1. The van der Waals surface area contributed by atoms with E-state index in [9.17, 15) is 4.79 Å². The van der Waals surface area contributed by atoms with Gasteiger partial charge in [0.25, 0.3) is 5.91 Å². The van der Waals surface area contributed by atoms with Crippen molar-refractivity contribution >= 4 is 22.8 Å². The van der Waals surface area contributed by atoms with Crippen LogP contribution >= 0.6 is 0 Å². The summed E-state index contributed by atoms with van der Waals surface area (Å²) in [6.07, 6.45) is 3.72. The van der Waals surface area contributed by atoms with Crippen LogP contribution in [0.25, 0.3) is 22.7 Å². The molecule has 30 heavy (non-hydrogen) atoms. The first-order chi connectivity index (χ1) is 14.7. The van der Waals surface area contributed by atoms with Gasteiger partial charge in [-0.25, -0.2) is 4.98 Å². The molecule has 2 heterocycles. The van der Waals surface area contributed by atoms with Crippen molar-refractivity contribution in [2.75, 3.05) is 11.9 Å². The zero-order valence-corrected chi connectivity index (χ0v) is 17.0. The lowest BCUT2D eigenvalue weighted by atomic mass is 10.1. The Balaban J connectivity index is 1.56. The lowest BCUT2D eigenvalue weighted by Gasteiger charge is -2.12. The number of pyridine rings is 1. The number of nitrogens with one attached hydrogen (secondary N) is 1. The molecule has 0 spiro atoms. The monoisotopic (exact) mass is 401 g/mol. The van der Waals surface area contributed by atoms with Crippen LogP contribution in [0.1, 0.15) is 35.7 Å². The first-order valence-electron chi connectivity index (χ1n) is 10.0. The van der Waals surface area contributed by atoms with Crippen molar-refractivity contribution in [1.82, 2.24) is 9.97 Å². The van der Waals surface area contributed by atoms with Crippen molar-refractivity contribution in [2.24, 2.45) is 0 Å². The van der Waals surface area contributed by atoms with Gasteiger partial charge in [-0.15, -0.1) is 0 Å². The largest absolute Gasteiger partial charge is 0.494 e. The van der Waals surface area contributed by atoms with Crippen LogP contribution in [0.15, 0.2) is 65.2 Å². The third-order valence-corrected chi connectivity index (χ3v) is 4.84. The molecule has 0 aliphatic heterocycles. The number of aromatic nitrogens is 2. The van der Waals surface area contributed by atoms with Crippen LogP contribution in [0.4, 0.5) is 5.69 Å². The molecular formula is C24H23N3O3. The van der Waals surface area contributed by atoms with E-state index in [4.69, 9.17) is 9.15 Å². The van der Waals surface area contributed by atoms with Crippen molar-refractivity contribution in [2.45, 2.75) is 26.7 Å².